The van der Waals surface area contributed by atoms with Gasteiger partial charge in [-0.15, -0.1) is 0 Å². The number of hydrogen-bond donors (Lipinski definition) is 2. The zero-order valence-electron chi connectivity index (χ0n) is 7.25. The highest BCUT2D eigenvalue weighted by Gasteiger charge is 2.10. The second-order valence-electron chi connectivity index (χ2n) is 2.58. The van der Waals surface area contributed by atoms with Gasteiger partial charge in [-0.05, 0) is 6.42 Å². The molecule has 0 aromatic heterocycles. The quantitative estimate of drug-likeness (QED) is 0.595. The number of hydrogen-bond acceptors (Lipinski definition) is 2. The van der Waals surface area contributed by atoms with Crippen LogP contribution in [0.3, 0.4) is 0 Å². The normalized spacial score (nSPS) is 9.42. The molecule has 4 N–H and O–H groups in total. The van der Waals surface area contributed by atoms with Crippen LogP contribution in [-0.2, 0) is 4.79 Å². The van der Waals surface area contributed by atoms with Gasteiger partial charge in [0.1, 0.15) is 6.54 Å². The van der Waals surface area contributed by atoms with E-state index in [-0.39, 0.29) is 6.54 Å². The van der Waals surface area contributed by atoms with Crippen molar-refractivity contribution in [2.75, 3.05) is 13.1 Å². The number of nitrogens with zero attached hydrogens (tertiary/aromatic N) is 1. The standard InChI is InChI=1S/C7H15N3O2/c1-2-3-4-10(7(9)12)5-6(8)11/h2-5H2,1H3,(H2,8,11)(H2,9,12). The fraction of sp³-hybridized carbons (Fsp3) is 0.714. The van der Waals surface area contributed by atoms with Crippen molar-refractivity contribution in [2.45, 2.75) is 19.8 Å². The van der Waals surface area contributed by atoms with Gasteiger partial charge in [-0.1, -0.05) is 13.3 Å². The van der Waals surface area contributed by atoms with Crippen LogP contribution in [-0.4, -0.2) is 29.9 Å². The first kappa shape index (κ1) is 10.7. The molecule has 0 aromatic carbocycles. The maximum absolute atomic E-state index is 10.7. The van der Waals surface area contributed by atoms with E-state index in [9.17, 15) is 9.59 Å². The molecule has 0 aliphatic heterocycles. The maximum Gasteiger partial charge on any atom is 0.315 e. The van der Waals surface area contributed by atoms with Crippen molar-refractivity contribution in [3.63, 3.8) is 0 Å². The summed E-state index contributed by atoms with van der Waals surface area (Å²) in [6.45, 7) is 2.40. The molecule has 5 nitrogen and oxygen atoms in total. The van der Waals surface area contributed by atoms with Gasteiger partial charge >= 0.3 is 6.03 Å². The van der Waals surface area contributed by atoms with Crippen LogP contribution in [0.25, 0.3) is 0 Å². The SMILES string of the molecule is CCCCN(CC(N)=O)C(N)=O. The highest BCUT2D eigenvalue weighted by Crippen LogP contribution is 1.93. The molecule has 0 heterocycles. The first-order valence-corrected chi connectivity index (χ1v) is 3.90. The number of rotatable bonds is 5. The molecule has 0 saturated carbocycles. The van der Waals surface area contributed by atoms with Crippen molar-refractivity contribution in [1.82, 2.24) is 4.90 Å². The van der Waals surface area contributed by atoms with Gasteiger partial charge in [0, 0.05) is 6.54 Å². The summed E-state index contributed by atoms with van der Waals surface area (Å²) >= 11 is 0. The molecule has 70 valence electrons. The van der Waals surface area contributed by atoms with Gasteiger partial charge in [0.2, 0.25) is 5.91 Å². The first-order chi connectivity index (χ1) is 5.57. The van der Waals surface area contributed by atoms with E-state index in [0.717, 1.165) is 12.8 Å². The largest absolute Gasteiger partial charge is 0.368 e. The molecular formula is C7H15N3O2. The van der Waals surface area contributed by atoms with Crippen molar-refractivity contribution in [1.29, 1.82) is 0 Å². The Morgan fingerprint density at radius 3 is 2.25 bits per heavy atom. The van der Waals surface area contributed by atoms with E-state index in [4.69, 9.17) is 11.5 Å². The van der Waals surface area contributed by atoms with Crippen molar-refractivity contribution >= 4 is 11.9 Å². The molecule has 5 heteroatoms. The number of carbonyl (C=O) groups is 2. The van der Waals surface area contributed by atoms with Gasteiger partial charge in [0.05, 0.1) is 0 Å². The summed E-state index contributed by atoms with van der Waals surface area (Å²) < 4.78 is 0. The molecule has 0 spiro atoms. The molecule has 0 aromatic rings. The third-order valence-corrected chi connectivity index (χ3v) is 1.44. The van der Waals surface area contributed by atoms with Crippen LogP contribution in [0.4, 0.5) is 4.79 Å². The molecule has 0 aliphatic carbocycles. The summed E-state index contributed by atoms with van der Waals surface area (Å²) in [6, 6.07) is -0.595. The Balaban J connectivity index is 3.87. The lowest BCUT2D eigenvalue weighted by Gasteiger charge is -2.17. The molecule has 0 radical (unpaired) electrons. The highest BCUT2D eigenvalue weighted by atomic mass is 16.2. The van der Waals surface area contributed by atoms with E-state index in [0.29, 0.717) is 6.54 Å². The van der Waals surface area contributed by atoms with Crippen LogP contribution < -0.4 is 11.5 Å². The Morgan fingerprint density at radius 2 is 1.92 bits per heavy atom. The molecule has 3 amide bonds. The fourth-order valence-electron chi connectivity index (χ4n) is 0.804. The third kappa shape index (κ3) is 4.54. The molecule has 0 atom stereocenters. The van der Waals surface area contributed by atoms with Crippen molar-refractivity contribution in [3.8, 4) is 0 Å². The van der Waals surface area contributed by atoms with Gasteiger partial charge in [-0.25, -0.2) is 4.79 Å². The Hall–Kier alpha value is -1.26. The van der Waals surface area contributed by atoms with Gasteiger partial charge in [0.25, 0.3) is 0 Å². The predicted octanol–water partition coefficient (Wildman–Crippen LogP) is -0.347. The van der Waals surface area contributed by atoms with E-state index in [1.807, 2.05) is 6.92 Å². The first-order valence-electron chi connectivity index (χ1n) is 3.90. The number of amides is 3. The molecule has 0 saturated heterocycles. The van der Waals surface area contributed by atoms with E-state index < -0.39 is 11.9 Å². The molecule has 0 bridgehead atoms. The average Bonchev–Trinajstić information content (AvgIpc) is 1.96. The molecule has 0 rings (SSSR count). The summed E-state index contributed by atoms with van der Waals surface area (Å²) in [5.74, 6) is -0.537. The van der Waals surface area contributed by atoms with Crippen LogP contribution >= 0.6 is 0 Å². The van der Waals surface area contributed by atoms with E-state index in [1.165, 1.54) is 4.90 Å². The minimum atomic E-state index is -0.595. The van der Waals surface area contributed by atoms with Gasteiger partial charge < -0.3 is 16.4 Å². The smallest absolute Gasteiger partial charge is 0.315 e. The minimum absolute atomic E-state index is 0.0880. The van der Waals surface area contributed by atoms with Crippen molar-refractivity contribution < 1.29 is 9.59 Å². The Labute approximate surface area is 71.7 Å². The van der Waals surface area contributed by atoms with Crippen LogP contribution in [0.1, 0.15) is 19.8 Å². The van der Waals surface area contributed by atoms with Gasteiger partial charge in [-0.2, -0.15) is 0 Å². The fourth-order valence-corrected chi connectivity index (χ4v) is 0.804. The lowest BCUT2D eigenvalue weighted by molar-refractivity contribution is -0.118. The van der Waals surface area contributed by atoms with Gasteiger partial charge in [0.15, 0.2) is 0 Å². The van der Waals surface area contributed by atoms with Crippen LogP contribution in [0.15, 0.2) is 0 Å². The summed E-state index contributed by atoms with van der Waals surface area (Å²) in [5, 5.41) is 0. The molecule has 12 heavy (non-hydrogen) atoms. The van der Waals surface area contributed by atoms with E-state index in [1.54, 1.807) is 0 Å². The Kier molecular flexibility index (Phi) is 4.83. The van der Waals surface area contributed by atoms with Crippen molar-refractivity contribution in [2.24, 2.45) is 11.5 Å². The third-order valence-electron chi connectivity index (χ3n) is 1.44. The monoisotopic (exact) mass is 173 g/mol. The average molecular weight is 173 g/mol. The van der Waals surface area contributed by atoms with E-state index >= 15 is 0 Å². The van der Waals surface area contributed by atoms with E-state index in [2.05, 4.69) is 0 Å². The predicted molar refractivity (Wildman–Crippen MR) is 45.3 cm³/mol. The zero-order chi connectivity index (χ0) is 9.56. The molecule has 0 aliphatic rings. The zero-order valence-corrected chi connectivity index (χ0v) is 7.25. The Bertz CT molecular complexity index is 170. The minimum Gasteiger partial charge on any atom is -0.368 e. The summed E-state index contributed by atoms with van der Waals surface area (Å²) in [4.78, 5) is 22.4. The summed E-state index contributed by atoms with van der Waals surface area (Å²) in [5.41, 5.74) is 9.92. The van der Waals surface area contributed by atoms with Crippen molar-refractivity contribution in [3.05, 3.63) is 0 Å². The highest BCUT2D eigenvalue weighted by molar-refractivity contribution is 5.82. The van der Waals surface area contributed by atoms with Crippen LogP contribution in [0.2, 0.25) is 0 Å². The van der Waals surface area contributed by atoms with Crippen LogP contribution in [0, 0.1) is 0 Å². The maximum atomic E-state index is 10.7. The second kappa shape index (κ2) is 5.40. The number of unbranched alkanes of at least 4 members (excludes halogenated alkanes) is 1. The number of urea groups is 1. The lowest BCUT2D eigenvalue weighted by atomic mass is 10.3. The molecule has 0 unspecified atom stereocenters. The number of carbonyl (C=O) groups excluding carboxylic acids is 2. The molecule has 0 fully saturated rings. The lowest BCUT2D eigenvalue weighted by Crippen LogP contribution is -2.42. The second-order valence-corrected chi connectivity index (χ2v) is 2.58. The summed E-state index contributed by atoms with van der Waals surface area (Å²) in [6.07, 6.45) is 1.78. The number of nitrogens with two attached hydrogens (primary N) is 2. The Morgan fingerprint density at radius 1 is 1.33 bits per heavy atom. The number of primary amides is 2. The summed E-state index contributed by atoms with van der Waals surface area (Å²) in [7, 11) is 0. The topological polar surface area (TPSA) is 89.4 Å². The van der Waals surface area contributed by atoms with Crippen LogP contribution in [0.5, 0.6) is 0 Å². The van der Waals surface area contributed by atoms with Gasteiger partial charge in [-0.3, -0.25) is 4.79 Å². The molecular weight excluding hydrogens is 158 g/mol.